The smallest absolute Gasteiger partial charge is 0.390 e. The second kappa shape index (κ2) is 8.98. The van der Waals surface area contributed by atoms with E-state index in [1.165, 1.54) is 23.4 Å². The van der Waals surface area contributed by atoms with Gasteiger partial charge in [0, 0.05) is 30.4 Å². The Morgan fingerprint density at radius 3 is 2.74 bits per heavy atom. The number of sulfone groups is 1. The summed E-state index contributed by atoms with van der Waals surface area (Å²) in [5, 5.41) is 4.64. The first kappa shape index (κ1) is 23.9. The van der Waals surface area contributed by atoms with Crippen LogP contribution in [0.15, 0.2) is 41.6 Å². The number of carbonyl (C=O) groups is 1. The molecule has 1 fully saturated rings. The Balaban J connectivity index is 1.57. The molecule has 8 nitrogen and oxygen atoms in total. The van der Waals surface area contributed by atoms with Crippen LogP contribution >= 0.6 is 0 Å². The van der Waals surface area contributed by atoms with Gasteiger partial charge in [-0.25, -0.2) is 8.42 Å². The maximum Gasteiger partial charge on any atom is 0.390 e. The highest BCUT2D eigenvalue weighted by Gasteiger charge is 2.39. The number of rotatable bonds is 4. The lowest BCUT2D eigenvalue weighted by molar-refractivity contribution is -0.138. The number of piperidine rings is 1. The van der Waals surface area contributed by atoms with Gasteiger partial charge in [-0.1, -0.05) is 18.2 Å². The molecule has 188 valence electrons. The molecule has 2 aromatic rings. The van der Waals surface area contributed by atoms with E-state index >= 15 is 0 Å². The van der Waals surface area contributed by atoms with E-state index in [0.29, 0.717) is 55.9 Å². The fraction of sp³-hybridized carbons (Fsp3) is 0.478. The Kier molecular flexibility index (Phi) is 6.12. The summed E-state index contributed by atoms with van der Waals surface area (Å²) >= 11 is 0. The van der Waals surface area contributed by atoms with Crippen molar-refractivity contribution in [2.75, 3.05) is 32.8 Å². The van der Waals surface area contributed by atoms with E-state index in [1.54, 1.807) is 27.8 Å². The van der Waals surface area contributed by atoms with Crippen molar-refractivity contribution in [3.05, 3.63) is 48.0 Å². The molecular weight excluding hydrogens is 485 g/mol. The summed E-state index contributed by atoms with van der Waals surface area (Å²) < 4.78 is 71.4. The maximum atomic E-state index is 13.4. The molecular formula is C23H25F3N4O4S. The summed E-state index contributed by atoms with van der Waals surface area (Å²) in [4.78, 5) is 16.7. The molecule has 4 heterocycles. The van der Waals surface area contributed by atoms with Crippen molar-refractivity contribution in [3.63, 3.8) is 0 Å². The van der Waals surface area contributed by atoms with Crippen LogP contribution in [0.4, 0.5) is 13.2 Å². The number of benzene rings is 1. The molecule has 1 unspecified atom stereocenters. The van der Waals surface area contributed by atoms with Crippen molar-refractivity contribution in [1.29, 1.82) is 0 Å². The Morgan fingerprint density at radius 2 is 2.00 bits per heavy atom. The Labute approximate surface area is 200 Å². The normalized spacial score (nSPS) is 21.8. The van der Waals surface area contributed by atoms with E-state index < -0.39 is 28.3 Å². The number of hydrogen-bond donors (Lipinski definition) is 0. The van der Waals surface area contributed by atoms with Gasteiger partial charge in [0.2, 0.25) is 0 Å². The van der Waals surface area contributed by atoms with E-state index in [1.807, 2.05) is 0 Å². The molecule has 0 aliphatic carbocycles. The molecule has 5 rings (SSSR count). The molecule has 3 aliphatic rings. The number of fused-ring (bicyclic) bond motifs is 3. The molecule has 1 aromatic carbocycles. The van der Waals surface area contributed by atoms with Crippen LogP contribution in [0.2, 0.25) is 0 Å². The van der Waals surface area contributed by atoms with Gasteiger partial charge in [0.1, 0.15) is 6.61 Å². The van der Waals surface area contributed by atoms with Gasteiger partial charge in [0.25, 0.3) is 5.91 Å². The fourth-order valence-electron chi connectivity index (χ4n) is 4.96. The largest absolute Gasteiger partial charge is 0.498 e. The quantitative estimate of drug-likeness (QED) is 0.627. The van der Waals surface area contributed by atoms with Crippen LogP contribution in [0.25, 0.3) is 11.3 Å². The highest BCUT2D eigenvalue weighted by Crippen LogP contribution is 2.42. The van der Waals surface area contributed by atoms with Crippen molar-refractivity contribution in [3.8, 4) is 11.3 Å². The van der Waals surface area contributed by atoms with Gasteiger partial charge in [-0.05, 0) is 25.5 Å². The molecule has 0 N–H and O–H groups in total. The molecule has 12 heteroatoms. The minimum absolute atomic E-state index is 0.0528. The number of nitrogens with zero attached hydrogens (tertiary/aromatic N) is 4. The van der Waals surface area contributed by atoms with E-state index in [-0.39, 0.29) is 28.9 Å². The Hall–Kier alpha value is -2.86. The highest BCUT2D eigenvalue weighted by atomic mass is 32.2. The lowest BCUT2D eigenvalue weighted by atomic mass is 10.0. The van der Waals surface area contributed by atoms with Crippen molar-refractivity contribution in [2.45, 2.75) is 42.1 Å². The first-order chi connectivity index (χ1) is 16.6. The molecule has 0 spiro atoms. The van der Waals surface area contributed by atoms with E-state index in [9.17, 15) is 26.4 Å². The van der Waals surface area contributed by atoms with Crippen molar-refractivity contribution < 1.29 is 31.1 Å². The van der Waals surface area contributed by atoms with Gasteiger partial charge in [-0.2, -0.15) is 18.3 Å². The lowest BCUT2D eigenvalue weighted by Gasteiger charge is -2.34. The second-order valence-electron chi connectivity index (χ2n) is 8.99. The first-order valence-electron chi connectivity index (χ1n) is 11.5. The van der Waals surface area contributed by atoms with Crippen LogP contribution in [-0.2, 0) is 20.3 Å². The molecule has 1 atom stereocenters. The van der Waals surface area contributed by atoms with Gasteiger partial charge in [0.15, 0.2) is 15.5 Å². The summed E-state index contributed by atoms with van der Waals surface area (Å²) in [5.74, 6) is -0.794. The van der Waals surface area contributed by atoms with Crippen molar-refractivity contribution in [1.82, 2.24) is 19.6 Å². The minimum atomic E-state index is -4.24. The van der Waals surface area contributed by atoms with Crippen LogP contribution in [0.3, 0.4) is 0 Å². The summed E-state index contributed by atoms with van der Waals surface area (Å²) in [6, 6.07) is 6.31. The number of likely N-dealkylation sites (tertiary alicyclic amines) is 1. The van der Waals surface area contributed by atoms with Gasteiger partial charge < -0.3 is 14.5 Å². The van der Waals surface area contributed by atoms with Gasteiger partial charge in [-0.15, -0.1) is 0 Å². The number of halogens is 3. The van der Waals surface area contributed by atoms with Gasteiger partial charge in [0.05, 0.1) is 41.6 Å². The standard InChI is InChI=1S/C23H25F3N4O4S/c24-23(25,26)7-9-28-8-3-4-16(14-28)30-21-17-5-1-2-6-19(17)35(32,33)15-18(21)20(27-30)22(31)29-10-12-34-13-11-29/h1-2,5-6,10,12,16H,3-4,7-9,11,13-15H2. The zero-order valence-corrected chi connectivity index (χ0v) is 19.7. The molecule has 1 aromatic heterocycles. The predicted octanol–water partition coefficient (Wildman–Crippen LogP) is 3.37. The summed E-state index contributed by atoms with van der Waals surface area (Å²) in [7, 11) is -3.70. The van der Waals surface area contributed by atoms with Crippen LogP contribution in [-0.4, -0.2) is 72.9 Å². The summed E-state index contributed by atoms with van der Waals surface area (Å²) in [5.41, 5.74) is 1.40. The average molecular weight is 511 g/mol. The Morgan fingerprint density at radius 1 is 1.20 bits per heavy atom. The zero-order valence-electron chi connectivity index (χ0n) is 18.9. The first-order valence-corrected chi connectivity index (χ1v) is 13.1. The number of hydrogen-bond acceptors (Lipinski definition) is 6. The molecule has 3 aliphatic heterocycles. The lowest BCUT2D eigenvalue weighted by Crippen LogP contribution is -2.39. The van der Waals surface area contributed by atoms with Gasteiger partial charge >= 0.3 is 6.18 Å². The van der Waals surface area contributed by atoms with Crippen LogP contribution in [0.5, 0.6) is 0 Å². The molecule has 0 saturated carbocycles. The van der Waals surface area contributed by atoms with Crippen molar-refractivity contribution >= 4 is 15.7 Å². The number of aromatic nitrogens is 2. The molecule has 1 amide bonds. The number of alkyl halides is 3. The topological polar surface area (TPSA) is 84.7 Å². The third-order valence-corrected chi connectivity index (χ3v) is 8.30. The van der Waals surface area contributed by atoms with Crippen LogP contribution in [0, 0.1) is 0 Å². The summed E-state index contributed by atoms with van der Waals surface area (Å²) in [6.07, 6.45) is -0.913. The molecule has 0 radical (unpaired) electrons. The molecule has 1 saturated heterocycles. The number of ether oxygens (including phenoxy) is 1. The predicted molar refractivity (Wildman–Crippen MR) is 120 cm³/mol. The molecule has 35 heavy (non-hydrogen) atoms. The van der Waals surface area contributed by atoms with E-state index in [4.69, 9.17) is 4.74 Å². The van der Waals surface area contributed by atoms with E-state index in [0.717, 1.165) is 0 Å². The second-order valence-corrected chi connectivity index (χ2v) is 10.9. The van der Waals surface area contributed by atoms with Crippen molar-refractivity contribution in [2.24, 2.45) is 0 Å². The fourth-order valence-corrected chi connectivity index (χ4v) is 6.56. The highest BCUT2D eigenvalue weighted by molar-refractivity contribution is 7.90. The molecule has 0 bridgehead atoms. The number of carbonyl (C=O) groups excluding carboxylic acids is 1. The Bertz CT molecular complexity index is 1270. The summed E-state index contributed by atoms with van der Waals surface area (Å²) in [6.45, 7) is 1.38. The van der Waals surface area contributed by atoms with Crippen LogP contribution < -0.4 is 0 Å². The van der Waals surface area contributed by atoms with Gasteiger partial charge in [-0.3, -0.25) is 9.48 Å². The number of amides is 1. The average Bonchev–Trinajstić information content (AvgIpc) is 3.21. The van der Waals surface area contributed by atoms with E-state index in [2.05, 4.69) is 5.10 Å². The SMILES string of the molecule is O=C(c1nn(C2CCCN(CCC(F)(F)F)C2)c2c1CS(=O)(=O)c1ccccc1-2)N1C=COCC1. The minimum Gasteiger partial charge on any atom is -0.498 e. The maximum absolute atomic E-state index is 13.4. The third kappa shape index (κ3) is 4.68. The monoisotopic (exact) mass is 510 g/mol. The third-order valence-electron chi connectivity index (χ3n) is 6.61. The van der Waals surface area contributed by atoms with Crippen LogP contribution in [0.1, 0.15) is 41.4 Å². The zero-order chi connectivity index (χ0) is 24.8.